The van der Waals surface area contributed by atoms with E-state index in [9.17, 15) is 9.65 Å². The van der Waals surface area contributed by atoms with Crippen molar-refractivity contribution in [3.8, 4) is 17.3 Å². The third-order valence-electron chi connectivity index (χ3n) is 7.85. The van der Waals surface area contributed by atoms with Crippen LogP contribution < -0.4 is 16.0 Å². The lowest BCUT2D eigenvalue weighted by molar-refractivity contribution is 0.135. The maximum Gasteiger partial charge on any atom is 0.226 e. The number of hydrogen-bond acceptors (Lipinski definition) is 10. The molecule has 0 saturated carbocycles. The van der Waals surface area contributed by atoms with E-state index in [1.54, 1.807) is 6.20 Å². The molecule has 0 radical (unpaired) electrons. The van der Waals surface area contributed by atoms with Crippen molar-refractivity contribution in [1.82, 2.24) is 25.2 Å². The zero-order chi connectivity index (χ0) is 26.0. The molecule has 9 nitrogen and oxygen atoms in total. The average Bonchev–Trinajstić information content (AvgIpc) is 3.69. The van der Waals surface area contributed by atoms with Gasteiger partial charge in [0, 0.05) is 67.8 Å². The summed E-state index contributed by atoms with van der Waals surface area (Å²) in [6, 6.07) is 2.45. The average molecular weight is 535 g/mol. The van der Waals surface area contributed by atoms with Crippen LogP contribution in [0.2, 0.25) is 0 Å². The van der Waals surface area contributed by atoms with Crippen LogP contribution in [0.15, 0.2) is 12.4 Å². The van der Waals surface area contributed by atoms with Gasteiger partial charge in [-0.25, -0.2) is 18.7 Å². The summed E-state index contributed by atoms with van der Waals surface area (Å²) in [7, 11) is 0. The molecule has 2 fully saturated rings. The van der Waals surface area contributed by atoms with E-state index in [1.807, 2.05) is 6.07 Å². The van der Waals surface area contributed by atoms with Crippen LogP contribution in [-0.4, -0.2) is 65.2 Å². The number of aromatic nitrogens is 3. The number of benzene rings is 1. The number of nitrogens with two attached hydrogens (primary N) is 1. The smallest absolute Gasteiger partial charge is 0.226 e. The van der Waals surface area contributed by atoms with E-state index >= 15 is 4.39 Å². The number of ether oxygens (including phenoxy) is 1. The second kappa shape index (κ2) is 9.06. The number of halogens is 2. The van der Waals surface area contributed by atoms with Crippen LogP contribution in [0.3, 0.4) is 0 Å². The minimum absolute atomic E-state index is 0.0959. The van der Waals surface area contributed by atoms with E-state index in [-0.39, 0.29) is 50.6 Å². The van der Waals surface area contributed by atoms with Gasteiger partial charge in [0.1, 0.15) is 16.6 Å². The van der Waals surface area contributed by atoms with Crippen molar-refractivity contribution in [2.45, 2.75) is 25.7 Å². The summed E-state index contributed by atoms with van der Waals surface area (Å²) in [6.07, 6.45) is 3.72. The third kappa shape index (κ3) is 3.54. The van der Waals surface area contributed by atoms with Gasteiger partial charge in [-0.3, -0.25) is 9.88 Å². The number of nitrogens with zero attached hydrogens (tertiary/aromatic N) is 6. The number of hydrogen-bond donors (Lipinski definition) is 2. The van der Waals surface area contributed by atoms with Crippen LogP contribution in [0.5, 0.6) is 0 Å². The molecule has 3 aromatic heterocycles. The number of fused-ring (bicyclic) bond motifs is 4. The van der Waals surface area contributed by atoms with E-state index in [0.717, 1.165) is 68.8 Å². The molecule has 38 heavy (non-hydrogen) atoms. The number of nitriles is 1. The lowest BCUT2D eigenvalue weighted by Gasteiger charge is -2.32. The van der Waals surface area contributed by atoms with Crippen molar-refractivity contribution < 1.29 is 13.5 Å². The number of piperazine rings is 1. The quantitative estimate of drug-likeness (QED) is 0.409. The first kappa shape index (κ1) is 23.6. The van der Waals surface area contributed by atoms with E-state index in [1.165, 1.54) is 0 Å². The molecule has 7 rings (SSSR count). The molecule has 0 spiro atoms. The highest BCUT2D eigenvalue weighted by Crippen LogP contribution is 2.45. The number of rotatable bonds is 3. The van der Waals surface area contributed by atoms with Gasteiger partial charge < -0.3 is 20.7 Å². The monoisotopic (exact) mass is 534 g/mol. The summed E-state index contributed by atoms with van der Waals surface area (Å²) in [6.45, 7) is 6.01. The fourth-order valence-corrected chi connectivity index (χ4v) is 6.88. The molecule has 0 unspecified atom stereocenters. The Kier molecular flexibility index (Phi) is 5.63. The standard InChI is InChI=1S/C26H24F2N8OS/c27-18-9-32-23(20-14(7-29)25(30)38-24(18)20)19-17-12-37-11-16(17)15-8-33-26(34-22(15)21(19)28)36-4-1-13(10-36)35-5-2-31-3-6-35/h8-9,13,31H,1-6,10-12,30H2/t13-/m1/s1. The first-order valence-electron chi connectivity index (χ1n) is 12.6. The third-order valence-corrected chi connectivity index (χ3v) is 8.87. The fraction of sp³-hybridized carbons (Fsp3) is 0.385. The maximum absolute atomic E-state index is 16.5. The first-order chi connectivity index (χ1) is 18.5. The van der Waals surface area contributed by atoms with Gasteiger partial charge >= 0.3 is 0 Å². The largest absolute Gasteiger partial charge is 0.389 e. The van der Waals surface area contributed by atoms with Crippen molar-refractivity contribution in [3.63, 3.8) is 0 Å². The van der Waals surface area contributed by atoms with Crippen LogP contribution in [0.25, 0.3) is 32.2 Å². The van der Waals surface area contributed by atoms with E-state index in [4.69, 9.17) is 15.5 Å². The van der Waals surface area contributed by atoms with Crippen molar-refractivity contribution in [3.05, 3.63) is 40.7 Å². The van der Waals surface area contributed by atoms with Crippen LogP contribution in [-0.2, 0) is 18.0 Å². The minimum Gasteiger partial charge on any atom is -0.389 e. The summed E-state index contributed by atoms with van der Waals surface area (Å²) in [5.74, 6) is -0.706. The van der Waals surface area contributed by atoms with Crippen molar-refractivity contribution in [1.29, 1.82) is 5.26 Å². The van der Waals surface area contributed by atoms with Crippen LogP contribution in [0, 0.1) is 23.0 Å². The number of anilines is 2. The molecule has 3 N–H and O–H groups in total. The van der Waals surface area contributed by atoms with Crippen LogP contribution in [0.1, 0.15) is 23.1 Å². The molecule has 194 valence electrons. The van der Waals surface area contributed by atoms with Gasteiger partial charge in [0.15, 0.2) is 11.6 Å². The summed E-state index contributed by atoms with van der Waals surface area (Å²) < 4.78 is 37.0. The van der Waals surface area contributed by atoms with Crippen LogP contribution >= 0.6 is 11.3 Å². The summed E-state index contributed by atoms with van der Waals surface area (Å²) >= 11 is 0.959. The lowest BCUT2D eigenvalue weighted by atomic mass is 9.94. The predicted octanol–water partition coefficient (Wildman–Crippen LogP) is 3.15. The molecule has 0 aliphatic carbocycles. The topological polar surface area (TPSA) is 116 Å². The van der Waals surface area contributed by atoms with Crippen LogP contribution in [0.4, 0.5) is 19.7 Å². The molecule has 3 aliphatic rings. The molecule has 1 atom stereocenters. The van der Waals surface area contributed by atoms with Crippen molar-refractivity contribution in [2.24, 2.45) is 0 Å². The molecule has 12 heteroatoms. The molecular formula is C26H24F2N8OS. The molecule has 3 aliphatic heterocycles. The highest BCUT2D eigenvalue weighted by Gasteiger charge is 2.32. The van der Waals surface area contributed by atoms with Gasteiger partial charge in [-0.05, 0) is 17.5 Å². The van der Waals surface area contributed by atoms with Gasteiger partial charge in [-0.2, -0.15) is 5.26 Å². The predicted molar refractivity (Wildman–Crippen MR) is 141 cm³/mol. The molecule has 2 saturated heterocycles. The van der Waals surface area contributed by atoms with E-state index in [2.05, 4.69) is 25.1 Å². The maximum atomic E-state index is 16.5. The molecule has 0 amide bonds. The Balaban J connectivity index is 1.37. The van der Waals surface area contributed by atoms with E-state index < -0.39 is 11.6 Å². The van der Waals surface area contributed by atoms with Gasteiger partial charge in [0.25, 0.3) is 0 Å². The summed E-state index contributed by atoms with van der Waals surface area (Å²) in [5.41, 5.74) is 8.03. The Morgan fingerprint density at radius 2 is 1.95 bits per heavy atom. The van der Waals surface area contributed by atoms with Gasteiger partial charge in [-0.1, -0.05) is 0 Å². The molecular weight excluding hydrogens is 510 g/mol. The Morgan fingerprint density at radius 3 is 2.76 bits per heavy atom. The Morgan fingerprint density at radius 1 is 1.13 bits per heavy atom. The molecule has 0 bridgehead atoms. The van der Waals surface area contributed by atoms with Gasteiger partial charge in [-0.15, -0.1) is 11.3 Å². The highest BCUT2D eigenvalue weighted by atomic mass is 32.1. The lowest BCUT2D eigenvalue weighted by Crippen LogP contribution is -2.49. The van der Waals surface area contributed by atoms with Gasteiger partial charge in [0.05, 0.1) is 35.4 Å². The van der Waals surface area contributed by atoms with Gasteiger partial charge in [0.2, 0.25) is 5.95 Å². The summed E-state index contributed by atoms with van der Waals surface area (Å²) in [5, 5.41) is 14.1. The fourth-order valence-electron chi connectivity index (χ4n) is 5.96. The molecule has 4 aromatic rings. The second-order valence-electron chi connectivity index (χ2n) is 9.86. The first-order valence-corrected chi connectivity index (χ1v) is 13.4. The normalized spacial score (nSPS) is 19.9. The molecule has 6 heterocycles. The number of nitrogen functional groups attached to an aromatic ring is 1. The number of pyridine rings is 1. The highest BCUT2D eigenvalue weighted by molar-refractivity contribution is 7.23. The number of thiophene rings is 1. The Labute approximate surface area is 220 Å². The van der Waals surface area contributed by atoms with Crippen molar-refractivity contribution >= 4 is 43.3 Å². The SMILES string of the molecule is N#Cc1c(N)sc2c(F)cnc(-c3c4c(c5cnc(N6CC[C@@H](N7CCNCC7)C6)nc5c3F)COC4)c12. The summed E-state index contributed by atoms with van der Waals surface area (Å²) in [4.78, 5) is 18.2. The van der Waals surface area contributed by atoms with E-state index in [0.29, 0.717) is 22.9 Å². The Bertz CT molecular complexity index is 1640. The molecule has 1 aromatic carbocycles. The zero-order valence-electron chi connectivity index (χ0n) is 20.4. The Hall–Kier alpha value is -3.50. The number of nitrogens with one attached hydrogen (secondary N) is 1. The van der Waals surface area contributed by atoms with Crippen molar-refractivity contribution in [2.75, 3.05) is 49.9 Å². The minimum atomic E-state index is -0.603. The zero-order valence-corrected chi connectivity index (χ0v) is 21.2. The second-order valence-corrected chi connectivity index (χ2v) is 10.9.